The average molecular weight is 189 g/mol. The Kier molecular flexibility index (Phi) is 4.53. The molecule has 0 unspecified atom stereocenters. The summed E-state index contributed by atoms with van der Waals surface area (Å²) in [6.45, 7) is 3.02. The molecule has 74 valence electrons. The molecule has 0 heterocycles. The van der Waals surface area contributed by atoms with E-state index in [9.17, 15) is 4.70 Å². The van der Waals surface area contributed by atoms with Crippen LogP contribution in [0.3, 0.4) is 0 Å². The Morgan fingerprint density at radius 2 is 1.93 bits per heavy atom. The summed E-state index contributed by atoms with van der Waals surface area (Å²) in [6.07, 6.45) is 1.52. The van der Waals surface area contributed by atoms with Gasteiger partial charge >= 0.3 is 85.5 Å². The van der Waals surface area contributed by atoms with E-state index in [1.807, 2.05) is 11.9 Å². The van der Waals surface area contributed by atoms with Crippen molar-refractivity contribution in [3.05, 3.63) is 35.4 Å². The van der Waals surface area contributed by atoms with Crippen LogP contribution in [-0.4, -0.2) is 32.1 Å². The van der Waals surface area contributed by atoms with E-state index in [2.05, 4.69) is 31.2 Å². The van der Waals surface area contributed by atoms with E-state index < -0.39 is 0 Å². The number of aryl methyl sites for hydroxylation is 1. The Labute approximate surface area is 86.2 Å². The molecule has 0 fully saturated rings. The number of hydrogen-bond donors (Lipinski definition) is 0. The predicted molar refractivity (Wildman–Crippen MR) is 58.8 cm³/mol. The van der Waals surface area contributed by atoms with Gasteiger partial charge in [0.2, 0.25) is 0 Å². The molecule has 14 heavy (non-hydrogen) atoms. The Bertz CT molecular complexity index is 284. The van der Waals surface area contributed by atoms with Crippen molar-refractivity contribution in [1.82, 2.24) is 4.90 Å². The van der Waals surface area contributed by atoms with E-state index in [4.69, 9.17) is 0 Å². The van der Waals surface area contributed by atoms with Crippen molar-refractivity contribution in [2.75, 3.05) is 20.0 Å². The topological polar surface area (TPSA) is 20.3 Å². The maximum atomic E-state index is 10.2. The standard InChI is InChI=1S/C11H16BNO/c1-10-3-5-11(6-4-10)7-8-13(2)9-12-14/h3-6H,7-9H2,1-2H3. The molecule has 0 bridgehead atoms. The van der Waals surface area contributed by atoms with Crippen LogP contribution in [-0.2, 0) is 11.1 Å². The van der Waals surface area contributed by atoms with Gasteiger partial charge in [-0.15, -0.1) is 0 Å². The van der Waals surface area contributed by atoms with Crippen molar-refractivity contribution in [3.8, 4) is 0 Å². The van der Waals surface area contributed by atoms with Gasteiger partial charge in [0.15, 0.2) is 0 Å². The molecule has 0 atom stereocenters. The third-order valence-corrected chi connectivity index (χ3v) is 2.29. The van der Waals surface area contributed by atoms with E-state index in [1.165, 1.54) is 11.1 Å². The summed E-state index contributed by atoms with van der Waals surface area (Å²) in [5, 5.41) is 0. The van der Waals surface area contributed by atoms with Crippen LogP contribution in [0.1, 0.15) is 11.1 Å². The van der Waals surface area contributed by atoms with Gasteiger partial charge in [0.25, 0.3) is 0 Å². The Hall–Kier alpha value is -0.955. The van der Waals surface area contributed by atoms with Gasteiger partial charge in [-0.1, -0.05) is 0 Å². The number of benzene rings is 1. The fourth-order valence-electron chi connectivity index (χ4n) is 1.29. The quantitative estimate of drug-likeness (QED) is 0.653. The molecule has 0 aliphatic heterocycles. The molecule has 3 heteroatoms. The molecule has 0 saturated carbocycles. The van der Waals surface area contributed by atoms with Crippen molar-refractivity contribution in [1.29, 1.82) is 0 Å². The normalized spacial score (nSPS) is 10.2. The maximum absolute atomic E-state index is 10.2. The molecule has 0 spiro atoms. The Morgan fingerprint density at radius 1 is 1.29 bits per heavy atom. The molecule has 0 aliphatic carbocycles. The monoisotopic (exact) mass is 189 g/mol. The second kappa shape index (κ2) is 5.71. The third-order valence-electron chi connectivity index (χ3n) is 2.29. The van der Waals surface area contributed by atoms with Crippen LogP contribution in [0.4, 0.5) is 0 Å². The van der Waals surface area contributed by atoms with Gasteiger partial charge in [-0.2, -0.15) is 0 Å². The van der Waals surface area contributed by atoms with E-state index in [-0.39, 0.29) is 0 Å². The predicted octanol–water partition coefficient (Wildman–Crippen LogP) is 1.48. The molecular weight excluding hydrogens is 173 g/mol. The van der Waals surface area contributed by atoms with Gasteiger partial charge < -0.3 is 0 Å². The van der Waals surface area contributed by atoms with E-state index in [0.29, 0.717) is 6.44 Å². The molecule has 0 aliphatic rings. The summed E-state index contributed by atoms with van der Waals surface area (Å²) in [6, 6.07) is 8.53. The fraction of sp³-hybridized carbons (Fsp3) is 0.455. The Morgan fingerprint density at radius 3 is 2.50 bits per heavy atom. The molecule has 2 nitrogen and oxygen atoms in total. The molecule has 0 amide bonds. The number of likely N-dealkylation sites (N-methyl/N-ethyl adjacent to an activating group) is 1. The first-order valence-corrected chi connectivity index (χ1v) is 4.90. The Balaban J connectivity index is 2.37. The van der Waals surface area contributed by atoms with E-state index >= 15 is 0 Å². The van der Waals surface area contributed by atoms with Gasteiger partial charge in [-0.3, -0.25) is 0 Å². The summed E-state index contributed by atoms with van der Waals surface area (Å²) in [4.78, 5) is 2.02. The van der Waals surface area contributed by atoms with Crippen molar-refractivity contribution < 1.29 is 4.70 Å². The summed E-state index contributed by atoms with van der Waals surface area (Å²) >= 11 is 0. The van der Waals surface area contributed by atoms with Crippen molar-refractivity contribution in [2.24, 2.45) is 0 Å². The zero-order valence-electron chi connectivity index (χ0n) is 8.86. The number of rotatable bonds is 5. The zero-order valence-corrected chi connectivity index (χ0v) is 8.86. The van der Waals surface area contributed by atoms with Gasteiger partial charge in [-0.25, -0.2) is 0 Å². The van der Waals surface area contributed by atoms with Gasteiger partial charge in [-0.05, 0) is 0 Å². The summed E-state index contributed by atoms with van der Waals surface area (Å²) in [5.74, 6) is 0. The average Bonchev–Trinajstić information content (AvgIpc) is 2.17. The first-order valence-electron chi connectivity index (χ1n) is 4.90. The fourth-order valence-corrected chi connectivity index (χ4v) is 1.29. The first-order chi connectivity index (χ1) is 6.72. The number of nitrogens with zero attached hydrogens (tertiary/aromatic N) is 1. The molecule has 0 N–H and O–H groups in total. The first kappa shape index (κ1) is 11.1. The van der Waals surface area contributed by atoms with Crippen molar-refractivity contribution in [3.63, 3.8) is 0 Å². The summed E-state index contributed by atoms with van der Waals surface area (Å²) in [7, 11) is 2.90. The number of hydrogen-bond acceptors (Lipinski definition) is 2. The van der Waals surface area contributed by atoms with Crippen LogP contribution >= 0.6 is 0 Å². The van der Waals surface area contributed by atoms with Crippen LogP contribution in [0.5, 0.6) is 0 Å². The second-order valence-corrected chi connectivity index (χ2v) is 3.66. The zero-order chi connectivity index (χ0) is 10.4. The molecule has 1 aromatic rings. The van der Waals surface area contributed by atoms with Crippen LogP contribution in [0.15, 0.2) is 24.3 Å². The summed E-state index contributed by atoms with van der Waals surface area (Å²) in [5.41, 5.74) is 2.61. The molecule has 0 aromatic heterocycles. The molecular formula is C11H16BNO. The van der Waals surface area contributed by atoms with Gasteiger partial charge in [0, 0.05) is 0 Å². The van der Waals surface area contributed by atoms with Crippen molar-refractivity contribution >= 4 is 7.15 Å². The van der Waals surface area contributed by atoms with Crippen molar-refractivity contribution in [2.45, 2.75) is 13.3 Å². The molecule has 1 aromatic carbocycles. The van der Waals surface area contributed by atoms with Gasteiger partial charge in [0.1, 0.15) is 0 Å². The molecule has 1 rings (SSSR count). The SMILES string of the molecule is Cc1ccc(CCN(C)CB=O)cc1. The third kappa shape index (κ3) is 3.84. The summed E-state index contributed by atoms with van der Waals surface area (Å²) < 4.78 is 10.2. The van der Waals surface area contributed by atoms with E-state index in [0.717, 1.165) is 20.1 Å². The molecule has 0 radical (unpaired) electrons. The van der Waals surface area contributed by atoms with Crippen LogP contribution < -0.4 is 0 Å². The molecule has 0 saturated heterocycles. The second-order valence-electron chi connectivity index (χ2n) is 3.66. The van der Waals surface area contributed by atoms with E-state index in [1.54, 1.807) is 0 Å². The van der Waals surface area contributed by atoms with Crippen LogP contribution in [0.2, 0.25) is 0 Å². The minimum atomic E-state index is 0.520. The van der Waals surface area contributed by atoms with Crippen LogP contribution in [0, 0.1) is 6.92 Å². The van der Waals surface area contributed by atoms with Gasteiger partial charge in [0.05, 0.1) is 0 Å². The minimum absolute atomic E-state index is 0.520. The van der Waals surface area contributed by atoms with Crippen LogP contribution in [0.25, 0.3) is 0 Å².